The molecule has 1 fully saturated rings. The van der Waals surface area contributed by atoms with Crippen LogP contribution in [-0.2, 0) is 15.9 Å². The van der Waals surface area contributed by atoms with Crippen molar-refractivity contribution in [3.05, 3.63) is 23.8 Å². The second-order valence-electron chi connectivity index (χ2n) is 6.64. The molecule has 0 aromatic heterocycles. The Balaban J connectivity index is 2.08. The molecule has 1 heterocycles. The molecule has 22 heavy (non-hydrogen) atoms. The Kier molecular flexibility index (Phi) is 4.63. The maximum Gasteiger partial charge on any atom is 0.412 e. The first-order chi connectivity index (χ1) is 10.2. The van der Waals surface area contributed by atoms with E-state index in [1.165, 1.54) is 0 Å². The van der Waals surface area contributed by atoms with Crippen LogP contribution in [0.4, 0.5) is 10.5 Å². The first-order valence-corrected chi connectivity index (χ1v) is 7.31. The van der Waals surface area contributed by atoms with Gasteiger partial charge in [0.25, 0.3) is 0 Å². The minimum atomic E-state index is -0.554. The molecular formula is C16H24N2O4. The lowest BCUT2D eigenvalue weighted by atomic mass is 9.88. The summed E-state index contributed by atoms with van der Waals surface area (Å²) in [5.41, 5.74) is 0.473. The molecule has 0 spiro atoms. The van der Waals surface area contributed by atoms with E-state index in [-0.39, 0.29) is 11.4 Å². The summed E-state index contributed by atoms with van der Waals surface area (Å²) in [7, 11) is 1.67. The third-order valence-electron chi connectivity index (χ3n) is 3.56. The maximum absolute atomic E-state index is 11.8. The van der Waals surface area contributed by atoms with Crippen LogP contribution in [0.3, 0.4) is 0 Å². The van der Waals surface area contributed by atoms with Gasteiger partial charge in [-0.3, -0.25) is 5.32 Å². The Hall–Kier alpha value is -1.79. The number of hydrogen-bond donors (Lipinski definition) is 3. The number of phenolic OH excluding ortho intramolecular Hbond substituents is 1. The lowest BCUT2D eigenvalue weighted by Crippen LogP contribution is -2.61. The van der Waals surface area contributed by atoms with E-state index in [0.717, 1.165) is 18.7 Å². The quantitative estimate of drug-likeness (QED) is 0.744. The van der Waals surface area contributed by atoms with Crippen molar-refractivity contribution < 1.29 is 19.4 Å². The predicted octanol–water partition coefficient (Wildman–Crippen LogP) is 2.27. The average Bonchev–Trinajstić information content (AvgIpc) is 2.35. The van der Waals surface area contributed by atoms with Crippen molar-refractivity contribution in [1.29, 1.82) is 0 Å². The number of hydrogen-bond acceptors (Lipinski definition) is 5. The van der Waals surface area contributed by atoms with Gasteiger partial charge in [0.05, 0.1) is 5.60 Å². The Bertz CT molecular complexity index is 542. The van der Waals surface area contributed by atoms with Gasteiger partial charge in [-0.2, -0.15) is 0 Å². The van der Waals surface area contributed by atoms with Gasteiger partial charge in [0, 0.05) is 32.3 Å². The molecule has 1 aromatic rings. The average molecular weight is 308 g/mol. The molecule has 0 atom stereocenters. The van der Waals surface area contributed by atoms with Crippen LogP contribution in [0.2, 0.25) is 0 Å². The monoisotopic (exact) mass is 308 g/mol. The number of benzene rings is 1. The van der Waals surface area contributed by atoms with Crippen LogP contribution in [0.5, 0.6) is 5.75 Å². The van der Waals surface area contributed by atoms with E-state index >= 15 is 0 Å². The van der Waals surface area contributed by atoms with Crippen molar-refractivity contribution in [3.8, 4) is 5.75 Å². The summed E-state index contributed by atoms with van der Waals surface area (Å²) in [5, 5.41) is 15.9. The van der Waals surface area contributed by atoms with Crippen molar-refractivity contribution in [2.75, 3.05) is 25.5 Å². The predicted molar refractivity (Wildman–Crippen MR) is 84.3 cm³/mol. The van der Waals surface area contributed by atoms with Crippen LogP contribution in [0.25, 0.3) is 0 Å². The molecule has 6 nitrogen and oxygen atoms in total. The summed E-state index contributed by atoms with van der Waals surface area (Å²) in [6.07, 6.45) is 0.0579. The van der Waals surface area contributed by atoms with Crippen LogP contribution in [0, 0.1) is 0 Å². The van der Waals surface area contributed by atoms with Crippen LogP contribution in [-0.4, -0.2) is 42.6 Å². The molecule has 122 valence electrons. The SMILES string of the molecule is COC1(Cc2cc(NC(=O)OC(C)(C)C)ccc2O)CNC1. The number of carbonyl (C=O) groups excluding carboxylic acids is 1. The van der Waals surface area contributed by atoms with Crippen LogP contribution in [0.1, 0.15) is 26.3 Å². The first-order valence-electron chi connectivity index (χ1n) is 7.31. The van der Waals surface area contributed by atoms with Crippen molar-refractivity contribution >= 4 is 11.8 Å². The Morgan fingerprint density at radius 3 is 2.59 bits per heavy atom. The van der Waals surface area contributed by atoms with Gasteiger partial charge in [-0.15, -0.1) is 0 Å². The molecule has 1 saturated heterocycles. The van der Waals surface area contributed by atoms with Crippen molar-refractivity contribution in [2.24, 2.45) is 0 Å². The zero-order chi connectivity index (χ0) is 16.4. The molecule has 0 saturated carbocycles. The van der Waals surface area contributed by atoms with Gasteiger partial charge >= 0.3 is 6.09 Å². The minimum absolute atomic E-state index is 0.193. The smallest absolute Gasteiger partial charge is 0.412 e. The maximum atomic E-state index is 11.8. The van der Waals surface area contributed by atoms with Gasteiger partial charge in [0.2, 0.25) is 0 Å². The Morgan fingerprint density at radius 2 is 2.09 bits per heavy atom. The van der Waals surface area contributed by atoms with Gasteiger partial charge in [-0.1, -0.05) is 0 Å². The largest absolute Gasteiger partial charge is 0.508 e. The van der Waals surface area contributed by atoms with Crippen LogP contribution in [0.15, 0.2) is 18.2 Å². The number of ether oxygens (including phenoxy) is 2. The molecule has 0 unspecified atom stereocenters. The first kappa shape index (κ1) is 16.6. The van der Waals surface area contributed by atoms with E-state index in [4.69, 9.17) is 9.47 Å². The second-order valence-corrected chi connectivity index (χ2v) is 6.64. The third kappa shape index (κ3) is 4.11. The molecule has 1 amide bonds. The molecular weight excluding hydrogens is 284 g/mol. The van der Waals surface area contributed by atoms with E-state index in [0.29, 0.717) is 12.1 Å². The molecule has 1 aromatic carbocycles. The molecule has 0 radical (unpaired) electrons. The fourth-order valence-corrected chi connectivity index (χ4v) is 2.32. The zero-order valence-electron chi connectivity index (χ0n) is 13.5. The molecule has 0 aliphatic carbocycles. The second kappa shape index (κ2) is 6.14. The van der Waals surface area contributed by atoms with Crippen molar-refractivity contribution in [3.63, 3.8) is 0 Å². The molecule has 1 aliphatic heterocycles. The van der Waals surface area contributed by atoms with Crippen molar-refractivity contribution in [2.45, 2.75) is 38.4 Å². The van der Waals surface area contributed by atoms with Gasteiger partial charge in [0.1, 0.15) is 11.4 Å². The highest BCUT2D eigenvalue weighted by atomic mass is 16.6. The number of amides is 1. The Morgan fingerprint density at radius 1 is 1.41 bits per heavy atom. The van der Waals surface area contributed by atoms with E-state index in [9.17, 15) is 9.90 Å². The fraction of sp³-hybridized carbons (Fsp3) is 0.562. The van der Waals surface area contributed by atoms with Crippen LogP contribution < -0.4 is 10.6 Å². The summed E-state index contributed by atoms with van der Waals surface area (Å²) in [6, 6.07) is 4.96. The summed E-state index contributed by atoms with van der Waals surface area (Å²) in [4.78, 5) is 11.8. The number of methoxy groups -OCH3 is 1. The molecule has 3 N–H and O–H groups in total. The molecule has 2 rings (SSSR count). The standard InChI is InChI=1S/C16H24N2O4/c1-15(2,3)22-14(20)18-12-5-6-13(19)11(7-12)8-16(21-4)9-17-10-16/h5-7,17,19H,8-10H2,1-4H3,(H,18,20). The normalized spacial score (nSPS) is 16.7. The van der Waals surface area contributed by atoms with E-state index in [1.807, 2.05) is 0 Å². The number of carbonyl (C=O) groups is 1. The Labute approximate surface area is 130 Å². The minimum Gasteiger partial charge on any atom is -0.508 e. The lowest BCUT2D eigenvalue weighted by Gasteiger charge is -2.41. The van der Waals surface area contributed by atoms with Gasteiger partial charge in [-0.05, 0) is 44.5 Å². The molecule has 6 heteroatoms. The van der Waals surface area contributed by atoms with Crippen LogP contribution >= 0.6 is 0 Å². The van der Waals surface area contributed by atoms with Gasteiger partial charge in [-0.25, -0.2) is 4.79 Å². The van der Waals surface area contributed by atoms with Crippen molar-refractivity contribution in [1.82, 2.24) is 5.32 Å². The fourth-order valence-electron chi connectivity index (χ4n) is 2.32. The highest BCUT2D eigenvalue weighted by Crippen LogP contribution is 2.29. The van der Waals surface area contributed by atoms with Gasteiger partial charge in [0.15, 0.2) is 0 Å². The number of rotatable bonds is 4. The number of anilines is 1. The summed E-state index contributed by atoms with van der Waals surface area (Å²) in [5.74, 6) is 0.193. The highest BCUT2D eigenvalue weighted by Gasteiger charge is 2.37. The van der Waals surface area contributed by atoms with E-state index in [1.54, 1.807) is 46.1 Å². The molecule has 0 bridgehead atoms. The topological polar surface area (TPSA) is 79.8 Å². The summed E-state index contributed by atoms with van der Waals surface area (Å²) >= 11 is 0. The lowest BCUT2D eigenvalue weighted by molar-refractivity contribution is -0.0505. The summed E-state index contributed by atoms with van der Waals surface area (Å²) < 4.78 is 10.8. The van der Waals surface area contributed by atoms with Gasteiger partial charge < -0.3 is 19.9 Å². The highest BCUT2D eigenvalue weighted by molar-refractivity contribution is 5.85. The number of aromatic hydroxyl groups is 1. The molecule has 1 aliphatic rings. The van der Waals surface area contributed by atoms with E-state index in [2.05, 4.69) is 10.6 Å². The number of phenols is 1. The van der Waals surface area contributed by atoms with E-state index < -0.39 is 11.7 Å². The summed E-state index contributed by atoms with van der Waals surface area (Å²) in [6.45, 7) is 6.90. The third-order valence-corrected chi connectivity index (χ3v) is 3.56. The zero-order valence-corrected chi connectivity index (χ0v) is 13.5. The number of nitrogens with one attached hydrogen (secondary N) is 2.